The third-order valence-corrected chi connectivity index (χ3v) is 4.46. The second kappa shape index (κ2) is 5.33. The van der Waals surface area contributed by atoms with Gasteiger partial charge in [0.25, 0.3) is 0 Å². The summed E-state index contributed by atoms with van der Waals surface area (Å²) in [6, 6.07) is 10.8. The summed E-state index contributed by atoms with van der Waals surface area (Å²) in [4.78, 5) is 14.1. The molecule has 3 nitrogen and oxygen atoms in total. The van der Waals surface area contributed by atoms with E-state index >= 15 is 0 Å². The molecule has 1 aromatic carbocycles. The van der Waals surface area contributed by atoms with Crippen LogP contribution in [-0.2, 0) is 10.3 Å². The Morgan fingerprint density at radius 1 is 1.32 bits per heavy atom. The van der Waals surface area contributed by atoms with Crippen molar-refractivity contribution in [3.8, 4) is 0 Å². The maximum absolute atomic E-state index is 11.7. The minimum absolute atomic E-state index is 0.0486. The normalized spacial score (nSPS) is 32.0. The zero-order chi connectivity index (χ0) is 14.0. The average Bonchev–Trinajstić information content (AvgIpc) is 2.36. The van der Waals surface area contributed by atoms with E-state index in [9.17, 15) is 4.79 Å². The van der Waals surface area contributed by atoms with E-state index in [4.69, 9.17) is 0 Å². The summed E-state index contributed by atoms with van der Waals surface area (Å²) in [6.07, 6.45) is 0.953. The molecule has 2 rings (SSSR count). The summed E-state index contributed by atoms with van der Waals surface area (Å²) in [5.41, 5.74) is 0.983. The number of nitrogens with one attached hydrogen (secondary N) is 1. The molecule has 104 valence electrons. The summed E-state index contributed by atoms with van der Waals surface area (Å²) < 4.78 is 0. The summed E-state index contributed by atoms with van der Waals surface area (Å²) >= 11 is 0. The van der Waals surface area contributed by atoms with Gasteiger partial charge in [-0.1, -0.05) is 37.3 Å². The first kappa shape index (κ1) is 14.1. The number of nitrogens with zero attached hydrogens (tertiary/aromatic N) is 1. The molecular weight excluding hydrogens is 236 g/mol. The Morgan fingerprint density at radius 2 is 1.95 bits per heavy atom. The monoisotopic (exact) mass is 260 g/mol. The molecule has 0 radical (unpaired) electrons. The predicted octanol–water partition coefficient (Wildman–Crippen LogP) is 2.38. The molecule has 3 atom stereocenters. The first-order valence-electron chi connectivity index (χ1n) is 7.00. The Bertz CT molecular complexity index is 445. The van der Waals surface area contributed by atoms with Crippen molar-refractivity contribution in [3.05, 3.63) is 35.9 Å². The van der Waals surface area contributed by atoms with Gasteiger partial charge in [-0.05, 0) is 31.9 Å². The molecule has 0 aliphatic carbocycles. The van der Waals surface area contributed by atoms with Crippen molar-refractivity contribution >= 4 is 5.91 Å². The molecule has 0 bridgehead atoms. The van der Waals surface area contributed by atoms with Gasteiger partial charge >= 0.3 is 0 Å². The van der Waals surface area contributed by atoms with Gasteiger partial charge in [-0.25, -0.2) is 0 Å². The van der Waals surface area contributed by atoms with Crippen LogP contribution >= 0.6 is 0 Å². The number of piperidine rings is 1. The number of carbonyl (C=O) groups excluding carboxylic acids is 1. The molecule has 1 aliphatic rings. The van der Waals surface area contributed by atoms with Crippen molar-refractivity contribution < 1.29 is 4.79 Å². The lowest BCUT2D eigenvalue weighted by molar-refractivity contribution is -0.123. The van der Waals surface area contributed by atoms with Gasteiger partial charge in [0.05, 0.1) is 5.54 Å². The largest absolute Gasteiger partial charge is 0.346 e. The van der Waals surface area contributed by atoms with Crippen LogP contribution < -0.4 is 5.32 Å². The van der Waals surface area contributed by atoms with Crippen LogP contribution in [0.4, 0.5) is 0 Å². The highest BCUT2D eigenvalue weighted by atomic mass is 16.1. The molecule has 1 amide bonds. The number of hydrogen-bond acceptors (Lipinski definition) is 2. The second-order valence-electron chi connectivity index (χ2n) is 5.91. The van der Waals surface area contributed by atoms with Gasteiger partial charge < -0.3 is 10.2 Å². The SMILES string of the molecule is CC(=O)N[C@]1(c2ccccc2)C[C@@H](C)N(C)C[C@H]1C. The molecule has 1 aliphatic heterocycles. The molecule has 1 saturated heterocycles. The van der Waals surface area contributed by atoms with E-state index in [1.54, 1.807) is 6.92 Å². The molecule has 0 saturated carbocycles. The lowest BCUT2D eigenvalue weighted by Gasteiger charge is -2.49. The number of rotatable bonds is 2. The van der Waals surface area contributed by atoms with Crippen LogP contribution in [0.3, 0.4) is 0 Å². The Morgan fingerprint density at radius 3 is 2.53 bits per heavy atom. The lowest BCUT2D eigenvalue weighted by atomic mass is 9.71. The topological polar surface area (TPSA) is 32.3 Å². The standard InChI is InChI=1S/C16H24N2O/c1-12-11-18(4)13(2)10-16(12,17-14(3)19)15-8-6-5-7-9-15/h5-9,12-13H,10-11H2,1-4H3,(H,17,19)/t12-,13-,16-/m1/s1. The number of likely N-dealkylation sites (tertiary alicyclic amines) is 1. The summed E-state index contributed by atoms with van der Waals surface area (Å²) in [5.74, 6) is 0.437. The summed E-state index contributed by atoms with van der Waals surface area (Å²) in [6.45, 7) is 7.06. The second-order valence-corrected chi connectivity index (χ2v) is 5.91. The molecule has 0 aromatic heterocycles. The minimum Gasteiger partial charge on any atom is -0.346 e. The van der Waals surface area contributed by atoms with Crippen molar-refractivity contribution in [1.82, 2.24) is 10.2 Å². The van der Waals surface area contributed by atoms with Gasteiger partial charge in [0.15, 0.2) is 0 Å². The van der Waals surface area contributed by atoms with E-state index < -0.39 is 0 Å². The van der Waals surface area contributed by atoms with E-state index in [1.807, 2.05) is 6.07 Å². The summed E-state index contributed by atoms with van der Waals surface area (Å²) in [5, 5.41) is 3.25. The first-order valence-corrected chi connectivity index (χ1v) is 7.00. The highest BCUT2D eigenvalue weighted by molar-refractivity contribution is 5.74. The van der Waals surface area contributed by atoms with Crippen molar-refractivity contribution in [2.45, 2.75) is 38.8 Å². The van der Waals surface area contributed by atoms with E-state index in [-0.39, 0.29) is 11.4 Å². The third kappa shape index (κ3) is 2.66. The van der Waals surface area contributed by atoms with Crippen molar-refractivity contribution in [1.29, 1.82) is 0 Å². The smallest absolute Gasteiger partial charge is 0.217 e. The quantitative estimate of drug-likeness (QED) is 0.885. The molecule has 0 unspecified atom stereocenters. The summed E-state index contributed by atoms with van der Waals surface area (Å²) in [7, 11) is 2.16. The predicted molar refractivity (Wildman–Crippen MR) is 77.8 cm³/mol. The molecular formula is C16H24N2O. The Labute approximate surface area is 116 Å². The zero-order valence-corrected chi connectivity index (χ0v) is 12.3. The maximum Gasteiger partial charge on any atom is 0.217 e. The van der Waals surface area contributed by atoms with Crippen LogP contribution in [0.25, 0.3) is 0 Å². The Balaban J connectivity index is 2.43. The molecule has 19 heavy (non-hydrogen) atoms. The average molecular weight is 260 g/mol. The van der Waals surface area contributed by atoms with Crippen LogP contribution in [0, 0.1) is 5.92 Å². The number of hydrogen-bond donors (Lipinski definition) is 1. The van der Waals surface area contributed by atoms with Gasteiger partial charge in [0.2, 0.25) is 5.91 Å². The number of carbonyl (C=O) groups is 1. The fourth-order valence-electron chi connectivity index (χ4n) is 3.29. The van der Waals surface area contributed by atoms with Gasteiger partial charge in [0.1, 0.15) is 0 Å². The third-order valence-electron chi connectivity index (χ3n) is 4.46. The highest BCUT2D eigenvalue weighted by Crippen LogP contribution is 2.39. The van der Waals surface area contributed by atoms with E-state index in [2.05, 4.69) is 55.4 Å². The Kier molecular flexibility index (Phi) is 3.95. The first-order chi connectivity index (χ1) is 8.95. The number of amides is 1. The van der Waals surface area contributed by atoms with Crippen molar-refractivity contribution in [2.75, 3.05) is 13.6 Å². The molecule has 1 fully saturated rings. The van der Waals surface area contributed by atoms with Gasteiger partial charge in [-0.15, -0.1) is 0 Å². The molecule has 0 spiro atoms. The molecule has 1 N–H and O–H groups in total. The molecule has 3 heteroatoms. The van der Waals surface area contributed by atoms with E-state index in [0.29, 0.717) is 12.0 Å². The Hall–Kier alpha value is -1.35. The van der Waals surface area contributed by atoms with Crippen LogP contribution in [0.15, 0.2) is 30.3 Å². The van der Waals surface area contributed by atoms with Crippen molar-refractivity contribution in [2.24, 2.45) is 5.92 Å². The van der Waals surface area contributed by atoms with Crippen LogP contribution in [0.2, 0.25) is 0 Å². The van der Waals surface area contributed by atoms with E-state index in [0.717, 1.165) is 13.0 Å². The molecule has 1 aromatic rings. The fraction of sp³-hybridized carbons (Fsp3) is 0.562. The minimum atomic E-state index is -0.237. The van der Waals surface area contributed by atoms with Gasteiger partial charge in [-0.3, -0.25) is 4.79 Å². The van der Waals surface area contributed by atoms with Crippen LogP contribution in [0.1, 0.15) is 32.8 Å². The van der Waals surface area contributed by atoms with Gasteiger partial charge in [-0.2, -0.15) is 0 Å². The van der Waals surface area contributed by atoms with Gasteiger partial charge in [0, 0.05) is 19.5 Å². The lowest BCUT2D eigenvalue weighted by Crippen LogP contribution is -2.59. The van der Waals surface area contributed by atoms with E-state index in [1.165, 1.54) is 5.56 Å². The van der Waals surface area contributed by atoms with Crippen LogP contribution in [0.5, 0.6) is 0 Å². The van der Waals surface area contributed by atoms with Crippen molar-refractivity contribution in [3.63, 3.8) is 0 Å². The molecule has 1 heterocycles. The number of benzene rings is 1. The highest BCUT2D eigenvalue weighted by Gasteiger charge is 2.44. The zero-order valence-electron chi connectivity index (χ0n) is 12.3. The fourth-order valence-corrected chi connectivity index (χ4v) is 3.29. The maximum atomic E-state index is 11.7. The van der Waals surface area contributed by atoms with Crippen LogP contribution in [-0.4, -0.2) is 30.4 Å².